The van der Waals surface area contributed by atoms with Gasteiger partial charge in [0.15, 0.2) is 0 Å². The largest absolute Gasteiger partial charge is 0.365 e. The van der Waals surface area contributed by atoms with E-state index in [1.54, 1.807) is 0 Å². The number of hydrogen-bond donors (Lipinski definition) is 2. The van der Waals surface area contributed by atoms with Crippen LogP contribution in [-0.4, -0.2) is 16.8 Å². The maximum Gasteiger partial charge on any atom is 0.104 e. The second-order valence-corrected chi connectivity index (χ2v) is 14.5. The summed E-state index contributed by atoms with van der Waals surface area (Å²) in [5, 5.41) is 9.18. The first-order valence-electron chi connectivity index (χ1n) is 19.0. The number of rotatable bonds is 4. The first-order chi connectivity index (χ1) is 26.8. The molecule has 4 heteroatoms. The van der Waals surface area contributed by atoms with Gasteiger partial charge in [0.25, 0.3) is 0 Å². The highest BCUT2D eigenvalue weighted by Crippen LogP contribution is 2.55. The minimum Gasteiger partial charge on any atom is -0.365 e. The van der Waals surface area contributed by atoms with E-state index in [4.69, 9.17) is 0 Å². The molecule has 0 amide bonds. The van der Waals surface area contributed by atoms with Gasteiger partial charge < -0.3 is 14.8 Å². The molecule has 0 fully saturated rings. The smallest absolute Gasteiger partial charge is 0.104 e. The lowest BCUT2D eigenvalue weighted by Crippen LogP contribution is -2.52. The minimum atomic E-state index is -0.0580. The third-order valence-electron chi connectivity index (χ3n) is 11.6. The lowest BCUT2D eigenvalue weighted by atomic mass is 9.83. The van der Waals surface area contributed by atoms with Crippen molar-refractivity contribution in [3.8, 4) is 28.1 Å². The van der Waals surface area contributed by atoms with E-state index < -0.39 is 0 Å². The van der Waals surface area contributed by atoms with Crippen LogP contribution in [0.15, 0.2) is 194 Å². The zero-order chi connectivity index (χ0) is 35.6. The molecular weight excluding hydrogens is 657 g/mol. The predicted octanol–water partition coefficient (Wildman–Crippen LogP) is 11.4. The monoisotopic (exact) mass is 694 g/mol. The summed E-state index contributed by atoms with van der Waals surface area (Å²) in [7, 11) is 0. The first kappa shape index (κ1) is 31.0. The van der Waals surface area contributed by atoms with E-state index in [2.05, 4.69) is 208 Å². The van der Waals surface area contributed by atoms with Crippen molar-refractivity contribution in [1.82, 2.24) is 15.2 Å². The van der Waals surface area contributed by atoms with Gasteiger partial charge in [0.2, 0.25) is 0 Å². The molecule has 3 atom stereocenters. The molecule has 258 valence electrons. The zero-order valence-electron chi connectivity index (χ0n) is 29.7. The van der Waals surface area contributed by atoms with Crippen molar-refractivity contribution in [2.24, 2.45) is 0 Å². The number of nitrogens with zero attached hydrogens (tertiary/aromatic N) is 2. The maximum absolute atomic E-state index is 3.96. The van der Waals surface area contributed by atoms with E-state index in [1.165, 1.54) is 78.2 Å². The van der Waals surface area contributed by atoms with Crippen molar-refractivity contribution in [3.05, 3.63) is 210 Å². The Bertz CT molecular complexity index is 2710. The highest BCUT2D eigenvalue weighted by Gasteiger charge is 2.38. The van der Waals surface area contributed by atoms with Crippen LogP contribution in [0.1, 0.15) is 29.2 Å². The SMILES string of the molecule is C1=CC2=C(c3ccccc3)NC(C3=CCC(N4c5ccccc5-c5c(n(-c6ccccc6)c6ccccc56)-c5ccccc54)c4ccccc43)NC2C=C1. The Morgan fingerprint density at radius 1 is 0.593 bits per heavy atom. The Kier molecular flexibility index (Phi) is 7.17. The van der Waals surface area contributed by atoms with Crippen molar-refractivity contribution in [2.45, 2.75) is 24.7 Å². The topological polar surface area (TPSA) is 32.2 Å². The molecule has 7 aromatic rings. The Labute approximate surface area is 315 Å². The standard InChI is InChI=1S/C50H38N4/c1-3-17-33(18-4-1)48-38-23-9-13-27-42(38)51-50(52-48)37-31-32-46(36-22-8-7-21-35(36)37)54-44-29-15-11-25-40(44)47-39-24-10-14-28-43(39)53(34-19-5-2-6-20-34)49(47)41-26-12-16-30-45(41)54/h1-31,42,46,50-52H,32H2. The molecule has 2 aliphatic carbocycles. The molecule has 2 aliphatic heterocycles. The summed E-state index contributed by atoms with van der Waals surface area (Å²) in [6, 6.07) is 57.8. The number of benzene rings is 6. The number of fused-ring (bicyclic) bond motifs is 9. The van der Waals surface area contributed by atoms with Crippen LogP contribution in [0.5, 0.6) is 0 Å². The van der Waals surface area contributed by atoms with Crippen LogP contribution in [0, 0.1) is 0 Å². The summed E-state index contributed by atoms with van der Waals surface area (Å²) in [6.07, 6.45) is 12.1. The summed E-state index contributed by atoms with van der Waals surface area (Å²) in [5.41, 5.74) is 17.4. The van der Waals surface area contributed by atoms with Gasteiger partial charge in [-0.25, -0.2) is 0 Å². The van der Waals surface area contributed by atoms with Crippen molar-refractivity contribution >= 4 is 33.5 Å². The van der Waals surface area contributed by atoms with Crippen LogP contribution >= 0.6 is 0 Å². The van der Waals surface area contributed by atoms with Gasteiger partial charge in [-0.05, 0) is 64.6 Å². The summed E-state index contributed by atoms with van der Waals surface area (Å²) in [6.45, 7) is 0. The summed E-state index contributed by atoms with van der Waals surface area (Å²) in [4.78, 5) is 2.63. The van der Waals surface area contributed by atoms with Gasteiger partial charge in [0.05, 0.1) is 29.0 Å². The second-order valence-electron chi connectivity index (χ2n) is 14.5. The molecule has 3 unspecified atom stereocenters. The Balaban J connectivity index is 1.08. The number of allylic oxidation sites excluding steroid dienone is 2. The fourth-order valence-corrected chi connectivity index (χ4v) is 9.30. The highest BCUT2D eigenvalue weighted by molar-refractivity contribution is 6.12. The van der Waals surface area contributed by atoms with Crippen molar-refractivity contribution in [1.29, 1.82) is 0 Å². The predicted molar refractivity (Wildman–Crippen MR) is 224 cm³/mol. The maximum atomic E-state index is 3.96. The molecule has 6 aromatic carbocycles. The molecule has 1 aromatic heterocycles. The molecule has 3 heterocycles. The van der Waals surface area contributed by atoms with Crippen LogP contribution < -0.4 is 15.5 Å². The van der Waals surface area contributed by atoms with Crippen molar-refractivity contribution < 1.29 is 0 Å². The molecule has 11 rings (SSSR count). The van der Waals surface area contributed by atoms with Crippen LogP contribution in [-0.2, 0) is 0 Å². The second kappa shape index (κ2) is 12.5. The summed E-state index contributed by atoms with van der Waals surface area (Å²) in [5.74, 6) is 0. The molecule has 0 bridgehead atoms. The van der Waals surface area contributed by atoms with Gasteiger partial charge in [-0.1, -0.05) is 158 Å². The van der Waals surface area contributed by atoms with Gasteiger partial charge in [-0.2, -0.15) is 0 Å². The fraction of sp³-hybridized carbons (Fsp3) is 0.0800. The first-order valence-corrected chi connectivity index (χ1v) is 19.0. The van der Waals surface area contributed by atoms with Gasteiger partial charge in [0.1, 0.15) is 6.17 Å². The highest BCUT2D eigenvalue weighted by atomic mass is 15.2. The summed E-state index contributed by atoms with van der Waals surface area (Å²) >= 11 is 0. The third-order valence-corrected chi connectivity index (χ3v) is 11.6. The van der Waals surface area contributed by atoms with E-state index in [-0.39, 0.29) is 18.2 Å². The van der Waals surface area contributed by atoms with Gasteiger partial charge in [-0.15, -0.1) is 0 Å². The number of nitrogens with one attached hydrogen (secondary N) is 2. The van der Waals surface area contributed by atoms with Gasteiger partial charge in [0, 0.05) is 39.1 Å². The normalized spacial score (nSPS) is 19.5. The van der Waals surface area contributed by atoms with E-state index in [9.17, 15) is 0 Å². The minimum absolute atomic E-state index is 0.0580. The van der Waals surface area contributed by atoms with Crippen LogP contribution in [0.4, 0.5) is 11.4 Å². The molecule has 0 spiro atoms. The quantitative estimate of drug-likeness (QED) is 0.192. The Morgan fingerprint density at radius 3 is 2.09 bits per heavy atom. The molecule has 4 aliphatic rings. The van der Waals surface area contributed by atoms with E-state index >= 15 is 0 Å². The van der Waals surface area contributed by atoms with E-state index in [0.29, 0.717) is 0 Å². The van der Waals surface area contributed by atoms with Gasteiger partial charge in [-0.3, -0.25) is 5.32 Å². The molecule has 0 saturated carbocycles. The molecule has 54 heavy (non-hydrogen) atoms. The third kappa shape index (κ3) is 4.74. The van der Waals surface area contributed by atoms with Crippen molar-refractivity contribution in [2.75, 3.05) is 4.90 Å². The number of para-hydroxylation sites is 4. The summed E-state index contributed by atoms with van der Waals surface area (Å²) < 4.78 is 2.47. The fourth-order valence-electron chi connectivity index (χ4n) is 9.30. The average molecular weight is 695 g/mol. The number of hydrogen-bond acceptors (Lipinski definition) is 3. The lowest BCUT2D eigenvalue weighted by Gasteiger charge is -2.41. The Hall–Kier alpha value is -6.62. The molecule has 2 N–H and O–H groups in total. The molecular formula is C50H38N4. The van der Waals surface area contributed by atoms with E-state index in [0.717, 1.165) is 12.1 Å². The van der Waals surface area contributed by atoms with E-state index in [1.807, 2.05) is 0 Å². The van der Waals surface area contributed by atoms with Crippen LogP contribution in [0.2, 0.25) is 0 Å². The van der Waals surface area contributed by atoms with Crippen molar-refractivity contribution in [3.63, 3.8) is 0 Å². The Morgan fingerprint density at radius 2 is 1.26 bits per heavy atom. The lowest BCUT2D eigenvalue weighted by molar-refractivity contribution is 0.520. The molecule has 0 saturated heterocycles. The zero-order valence-corrected chi connectivity index (χ0v) is 29.7. The number of aromatic nitrogens is 1. The number of anilines is 2. The average Bonchev–Trinajstić information content (AvgIpc) is 3.53. The van der Waals surface area contributed by atoms with Crippen LogP contribution in [0.25, 0.3) is 50.2 Å². The molecule has 4 nitrogen and oxygen atoms in total. The molecule has 0 radical (unpaired) electrons. The van der Waals surface area contributed by atoms with Gasteiger partial charge >= 0.3 is 0 Å². The van der Waals surface area contributed by atoms with Crippen LogP contribution in [0.3, 0.4) is 0 Å².